The molecule has 1 N–H and O–H groups in total. The summed E-state index contributed by atoms with van der Waals surface area (Å²) < 4.78 is 1.25. The highest BCUT2D eigenvalue weighted by molar-refractivity contribution is 6.35. The van der Waals surface area contributed by atoms with E-state index in [0.29, 0.717) is 16.5 Å². The topological polar surface area (TPSA) is 54.9 Å². The van der Waals surface area contributed by atoms with Gasteiger partial charge in [0.25, 0.3) is 5.56 Å². The van der Waals surface area contributed by atoms with E-state index in [1.165, 1.54) is 4.57 Å². The molecule has 1 unspecified atom stereocenters. The Morgan fingerprint density at radius 1 is 1.24 bits per heavy atom. The minimum Gasteiger partial charge on any atom is -0.297 e. The van der Waals surface area contributed by atoms with Crippen molar-refractivity contribution in [1.82, 2.24) is 9.55 Å². The third kappa shape index (κ3) is 2.54. The zero-order valence-corrected chi connectivity index (χ0v) is 12.9. The minimum absolute atomic E-state index is 0.0253. The van der Waals surface area contributed by atoms with E-state index in [1.807, 2.05) is 6.92 Å². The molecule has 6 heteroatoms. The molecule has 1 fully saturated rings. The lowest BCUT2D eigenvalue weighted by atomic mass is 10.1. The first kappa shape index (κ1) is 14.4. The van der Waals surface area contributed by atoms with Gasteiger partial charge in [-0.1, -0.05) is 41.4 Å². The largest absolute Gasteiger partial charge is 0.329 e. The van der Waals surface area contributed by atoms with Gasteiger partial charge in [-0.2, -0.15) is 0 Å². The SMILES string of the molecule is CC(C1CC1)n1c(=O)[nH]c(Cl)c(-c2ccccc2Cl)c1=O. The van der Waals surface area contributed by atoms with Crippen LogP contribution in [0.3, 0.4) is 0 Å². The maximum absolute atomic E-state index is 12.7. The molecule has 0 saturated heterocycles. The number of aromatic nitrogens is 2. The van der Waals surface area contributed by atoms with Crippen LogP contribution in [0.2, 0.25) is 10.2 Å². The van der Waals surface area contributed by atoms with Crippen molar-refractivity contribution in [3.05, 3.63) is 55.3 Å². The Balaban J connectivity index is 2.27. The number of benzene rings is 1. The van der Waals surface area contributed by atoms with Gasteiger partial charge in [0.05, 0.1) is 5.56 Å². The fourth-order valence-corrected chi connectivity index (χ4v) is 3.07. The molecule has 3 rings (SSSR count). The van der Waals surface area contributed by atoms with Gasteiger partial charge in [0.2, 0.25) is 0 Å². The van der Waals surface area contributed by atoms with Crippen LogP contribution in [0.15, 0.2) is 33.9 Å². The predicted octanol–water partition coefficient (Wildman–Crippen LogP) is 3.48. The summed E-state index contributed by atoms with van der Waals surface area (Å²) in [5.74, 6) is 0.379. The summed E-state index contributed by atoms with van der Waals surface area (Å²) in [4.78, 5) is 27.4. The molecule has 0 amide bonds. The third-order valence-corrected chi connectivity index (χ3v) is 4.56. The van der Waals surface area contributed by atoms with Gasteiger partial charge < -0.3 is 0 Å². The summed E-state index contributed by atoms with van der Waals surface area (Å²) in [5, 5.41) is 0.450. The third-order valence-electron chi connectivity index (χ3n) is 3.94. The van der Waals surface area contributed by atoms with Crippen LogP contribution in [-0.4, -0.2) is 9.55 Å². The van der Waals surface area contributed by atoms with Gasteiger partial charge in [-0.15, -0.1) is 0 Å². The number of hydrogen-bond acceptors (Lipinski definition) is 2. The zero-order chi connectivity index (χ0) is 15.1. The average Bonchev–Trinajstić information content (AvgIpc) is 3.24. The molecule has 1 aromatic carbocycles. The zero-order valence-electron chi connectivity index (χ0n) is 11.4. The van der Waals surface area contributed by atoms with E-state index in [1.54, 1.807) is 24.3 Å². The Labute approximate surface area is 131 Å². The summed E-state index contributed by atoms with van der Waals surface area (Å²) in [6, 6.07) is 6.81. The summed E-state index contributed by atoms with van der Waals surface area (Å²) in [5.41, 5.74) is -0.0898. The van der Waals surface area contributed by atoms with Crippen LogP contribution in [-0.2, 0) is 0 Å². The Morgan fingerprint density at radius 2 is 1.90 bits per heavy atom. The smallest absolute Gasteiger partial charge is 0.297 e. The van der Waals surface area contributed by atoms with Crippen molar-refractivity contribution in [2.24, 2.45) is 5.92 Å². The molecule has 4 nitrogen and oxygen atoms in total. The molecular weight excluding hydrogens is 311 g/mol. The van der Waals surface area contributed by atoms with E-state index in [2.05, 4.69) is 4.98 Å². The van der Waals surface area contributed by atoms with Crippen molar-refractivity contribution >= 4 is 23.2 Å². The molecule has 0 aliphatic heterocycles. The van der Waals surface area contributed by atoms with Crippen molar-refractivity contribution in [3.8, 4) is 11.1 Å². The highest BCUT2D eigenvalue weighted by atomic mass is 35.5. The van der Waals surface area contributed by atoms with E-state index in [0.717, 1.165) is 12.8 Å². The van der Waals surface area contributed by atoms with Gasteiger partial charge >= 0.3 is 5.69 Å². The Morgan fingerprint density at radius 3 is 2.52 bits per heavy atom. The van der Waals surface area contributed by atoms with Crippen LogP contribution >= 0.6 is 23.2 Å². The highest BCUT2D eigenvalue weighted by Gasteiger charge is 2.32. The number of halogens is 2. The molecule has 1 aliphatic rings. The lowest BCUT2D eigenvalue weighted by molar-refractivity contribution is 0.452. The first-order valence-corrected chi connectivity index (χ1v) is 7.55. The minimum atomic E-state index is -0.472. The first-order valence-electron chi connectivity index (χ1n) is 6.80. The second-order valence-corrected chi connectivity index (χ2v) is 6.14. The monoisotopic (exact) mass is 324 g/mol. The molecule has 0 spiro atoms. The fourth-order valence-electron chi connectivity index (χ4n) is 2.58. The molecule has 1 heterocycles. The Hall–Kier alpha value is -1.52. The summed E-state index contributed by atoms with van der Waals surface area (Å²) in [6.45, 7) is 1.89. The molecule has 2 aromatic rings. The Kier molecular flexibility index (Phi) is 3.68. The van der Waals surface area contributed by atoms with Crippen molar-refractivity contribution in [1.29, 1.82) is 0 Å². The van der Waals surface area contributed by atoms with Crippen LogP contribution in [0.1, 0.15) is 25.8 Å². The molecular formula is C15H14Cl2N2O2. The second kappa shape index (κ2) is 5.35. The van der Waals surface area contributed by atoms with Gasteiger partial charge in [-0.25, -0.2) is 4.79 Å². The van der Waals surface area contributed by atoms with E-state index >= 15 is 0 Å². The summed E-state index contributed by atoms with van der Waals surface area (Å²) in [7, 11) is 0. The summed E-state index contributed by atoms with van der Waals surface area (Å²) in [6.07, 6.45) is 2.08. The van der Waals surface area contributed by atoms with Crippen molar-refractivity contribution < 1.29 is 0 Å². The standard InChI is InChI=1S/C15H14Cl2N2O2/c1-8(9-6-7-9)19-14(20)12(13(17)18-15(19)21)10-4-2-3-5-11(10)16/h2-5,8-9H,6-7H2,1H3,(H,18,21). The molecule has 1 atom stereocenters. The van der Waals surface area contributed by atoms with Gasteiger partial charge in [0.1, 0.15) is 5.15 Å². The van der Waals surface area contributed by atoms with Crippen LogP contribution in [0, 0.1) is 5.92 Å². The fraction of sp³-hybridized carbons (Fsp3) is 0.333. The van der Waals surface area contributed by atoms with Crippen molar-refractivity contribution in [2.45, 2.75) is 25.8 Å². The van der Waals surface area contributed by atoms with Crippen LogP contribution < -0.4 is 11.2 Å². The molecule has 1 saturated carbocycles. The van der Waals surface area contributed by atoms with Gasteiger partial charge in [-0.3, -0.25) is 14.3 Å². The average molecular weight is 325 g/mol. The normalized spacial score (nSPS) is 16.0. The molecule has 1 aliphatic carbocycles. The van der Waals surface area contributed by atoms with Crippen LogP contribution in [0.5, 0.6) is 0 Å². The number of aromatic amines is 1. The lowest BCUT2D eigenvalue weighted by Gasteiger charge is -2.15. The highest BCUT2D eigenvalue weighted by Crippen LogP contribution is 2.38. The predicted molar refractivity (Wildman–Crippen MR) is 84.2 cm³/mol. The number of H-pyrrole nitrogens is 1. The van der Waals surface area contributed by atoms with Gasteiger partial charge in [0.15, 0.2) is 0 Å². The van der Waals surface area contributed by atoms with E-state index < -0.39 is 11.2 Å². The molecule has 1 aromatic heterocycles. The van der Waals surface area contributed by atoms with E-state index in [9.17, 15) is 9.59 Å². The summed E-state index contributed by atoms with van der Waals surface area (Å²) >= 11 is 12.2. The van der Waals surface area contributed by atoms with Gasteiger partial charge in [0, 0.05) is 16.6 Å². The van der Waals surface area contributed by atoms with Crippen LogP contribution in [0.4, 0.5) is 0 Å². The maximum atomic E-state index is 12.7. The quantitative estimate of drug-likeness (QED) is 0.879. The van der Waals surface area contributed by atoms with Crippen LogP contribution in [0.25, 0.3) is 11.1 Å². The lowest BCUT2D eigenvalue weighted by Crippen LogP contribution is -2.38. The molecule has 21 heavy (non-hydrogen) atoms. The molecule has 0 bridgehead atoms. The van der Waals surface area contributed by atoms with Crippen molar-refractivity contribution in [3.63, 3.8) is 0 Å². The Bertz CT molecular complexity index is 806. The molecule has 0 radical (unpaired) electrons. The van der Waals surface area contributed by atoms with E-state index in [4.69, 9.17) is 23.2 Å². The number of rotatable bonds is 3. The maximum Gasteiger partial charge on any atom is 0.329 e. The van der Waals surface area contributed by atoms with Crippen molar-refractivity contribution in [2.75, 3.05) is 0 Å². The number of nitrogens with one attached hydrogen (secondary N) is 1. The number of hydrogen-bond donors (Lipinski definition) is 1. The number of nitrogens with zero attached hydrogens (tertiary/aromatic N) is 1. The molecule has 110 valence electrons. The van der Waals surface area contributed by atoms with E-state index in [-0.39, 0.29) is 16.8 Å². The second-order valence-electron chi connectivity index (χ2n) is 5.35. The first-order chi connectivity index (χ1) is 10.0. The van der Waals surface area contributed by atoms with Gasteiger partial charge in [-0.05, 0) is 31.7 Å².